The second kappa shape index (κ2) is 4.33. The molecule has 0 bridgehead atoms. The highest BCUT2D eigenvalue weighted by Gasteiger charge is 2.12. The van der Waals surface area contributed by atoms with Crippen molar-refractivity contribution in [3.05, 3.63) is 35.8 Å². The third-order valence-corrected chi connectivity index (χ3v) is 3.13. The number of nitrogens with one attached hydrogen (secondary N) is 1. The Balaban J connectivity index is 1.75. The first kappa shape index (κ1) is 11.1. The number of rotatable bonds is 2. The highest BCUT2D eigenvalue weighted by atomic mass is 15.3. The van der Waals surface area contributed by atoms with E-state index in [-0.39, 0.29) is 0 Å². The summed E-state index contributed by atoms with van der Waals surface area (Å²) in [5.74, 6) is 0.961. The predicted molar refractivity (Wildman–Crippen MR) is 71.7 cm³/mol. The summed E-state index contributed by atoms with van der Waals surface area (Å²) >= 11 is 0. The maximum Gasteiger partial charge on any atom is 0.194 e. The highest BCUT2D eigenvalue weighted by molar-refractivity contribution is 5.81. The number of pyridine rings is 1. The SMILES string of the molecule is Cc1ccc2nc(CNC3=NCCN3C)cn2c1. The average Bonchev–Trinajstić information content (AvgIpc) is 2.92. The fourth-order valence-electron chi connectivity index (χ4n) is 2.13. The molecule has 94 valence electrons. The number of fused-ring (bicyclic) bond motifs is 1. The van der Waals surface area contributed by atoms with E-state index in [0.29, 0.717) is 6.54 Å². The molecule has 18 heavy (non-hydrogen) atoms. The Morgan fingerprint density at radius 1 is 1.33 bits per heavy atom. The standard InChI is InChI=1S/C13H17N5/c1-10-3-4-12-16-11(9-18(12)8-10)7-15-13-14-5-6-17(13)2/h3-4,8-9H,5-7H2,1-2H3,(H,14,15). The van der Waals surface area contributed by atoms with Crippen molar-refractivity contribution in [3.63, 3.8) is 0 Å². The zero-order valence-corrected chi connectivity index (χ0v) is 10.7. The Labute approximate surface area is 106 Å². The quantitative estimate of drug-likeness (QED) is 0.857. The average molecular weight is 243 g/mol. The van der Waals surface area contributed by atoms with E-state index in [1.165, 1.54) is 5.56 Å². The van der Waals surface area contributed by atoms with Crippen molar-refractivity contribution >= 4 is 11.6 Å². The molecule has 0 fully saturated rings. The lowest BCUT2D eigenvalue weighted by atomic mass is 10.3. The Morgan fingerprint density at radius 3 is 3.00 bits per heavy atom. The van der Waals surface area contributed by atoms with Gasteiger partial charge in [-0.25, -0.2) is 4.98 Å². The van der Waals surface area contributed by atoms with Gasteiger partial charge in [0.05, 0.1) is 18.8 Å². The minimum Gasteiger partial charge on any atom is -0.351 e. The maximum absolute atomic E-state index is 4.57. The first-order valence-electron chi connectivity index (χ1n) is 6.16. The van der Waals surface area contributed by atoms with Gasteiger partial charge < -0.3 is 14.6 Å². The van der Waals surface area contributed by atoms with E-state index in [0.717, 1.165) is 30.4 Å². The van der Waals surface area contributed by atoms with E-state index in [4.69, 9.17) is 0 Å². The van der Waals surface area contributed by atoms with Crippen LogP contribution in [0.5, 0.6) is 0 Å². The number of nitrogens with zero attached hydrogens (tertiary/aromatic N) is 4. The number of guanidine groups is 1. The lowest BCUT2D eigenvalue weighted by Gasteiger charge is -2.14. The van der Waals surface area contributed by atoms with Gasteiger partial charge in [0.2, 0.25) is 0 Å². The highest BCUT2D eigenvalue weighted by Crippen LogP contribution is 2.07. The van der Waals surface area contributed by atoms with E-state index in [9.17, 15) is 0 Å². The van der Waals surface area contributed by atoms with Gasteiger partial charge in [0, 0.05) is 26.0 Å². The van der Waals surface area contributed by atoms with Gasteiger partial charge in [-0.3, -0.25) is 4.99 Å². The van der Waals surface area contributed by atoms with E-state index in [2.05, 4.69) is 50.0 Å². The maximum atomic E-state index is 4.57. The number of hydrogen-bond acceptors (Lipinski definition) is 4. The molecule has 0 amide bonds. The smallest absolute Gasteiger partial charge is 0.194 e. The topological polar surface area (TPSA) is 44.9 Å². The molecule has 0 aromatic carbocycles. The van der Waals surface area contributed by atoms with Crippen LogP contribution in [-0.4, -0.2) is 40.4 Å². The van der Waals surface area contributed by atoms with Crippen molar-refractivity contribution in [2.45, 2.75) is 13.5 Å². The fourth-order valence-corrected chi connectivity index (χ4v) is 2.13. The molecule has 0 saturated heterocycles. The van der Waals surface area contributed by atoms with Crippen molar-refractivity contribution in [1.82, 2.24) is 19.6 Å². The normalized spacial score (nSPS) is 15.2. The van der Waals surface area contributed by atoms with Crippen LogP contribution >= 0.6 is 0 Å². The van der Waals surface area contributed by atoms with E-state index < -0.39 is 0 Å². The van der Waals surface area contributed by atoms with Gasteiger partial charge in [0.1, 0.15) is 5.65 Å². The monoisotopic (exact) mass is 243 g/mol. The molecule has 5 heteroatoms. The Morgan fingerprint density at radius 2 is 2.22 bits per heavy atom. The van der Waals surface area contributed by atoms with Crippen LogP contribution in [0.2, 0.25) is 0 Å². The molecule has 0 saturated carbocycles. The second-order valence-electron chi connectivity index (χ2n) is 4.68. The summed E-state index contributed by atoms with van der Waals surface area (Å²) in [6.45, 7) is 4.67. The molecule has 0 radical (unpaired) electrons. The lowest BCUT2D eigenvalue weighted by molar-refractivity contribution is 0.533. The number of imidazole rings is 1. The van der Waals surface area contributed by atoms with Crippen LogP contribution in [0.1, 0.15) is 11.3 Å². The van der Waals surface area contributed by atoms with Gasteiger partial charge in [0.15, 0.2) is 5.96 Å². The number of aliphatic imine (C=N–C) groups is 1. The summed E-state index contributed by atoms with van der Waals surface area (Å²) in [6, 6.07) is 4.12. The van der Waals surface area contributed by atoms with Crippen LogP contribution < -0.4 is 5.32 Å². The molecule has 0 atom stereocenters. The van der Waals surface area contributed by atoms with Gasteiger partial charge in [-0.2, -0.15) is 0 Å². The fraction of sp³-hybridized carbons (Fsp3) is 0.385. The zero-order chi connectivity index (χ0) is 12.5. The number of aryl methyl sites for hydroxylation is 1. The van der Waals surface area contributed by atoms with Crippen LogP contribution in [-0.2, 0) is 6.54 Å². The lowest BCUT2D eigenvalue weighted by Crippen LogP contribution is -2.35. The molecule has 0 spiro atoms. The second-order valence-corrected chi connectivity index (χ2v) is 4.68. The first-order valence-corrected chi connectivity index (χ1v) is 6.16. The summed E-state index contributed by atoms with van der Waals surface area (Å²) < 4.78 is 2.06. The molecule has 1 aliphatic heterocycles. The van der Waals surface area contributed by atoms with Crippen molar-refractivity contribution in [2.24, 2.45) is 4.99 Å². The molecular formula is C13H17N5. The van der Waals surface area contributed by atoms with Gasteiger partial charge >= 0.3 is 0 Å². The number of hydrogen-bond donors (Lipinski definition) is 1. The molecule has 2 aromatic rings. The van der Waals surface area contributed by atoms with Crippen LogP contribution in [0.15, 0.2) is 29.5 Å². The molecule has 5 nitrogen and oxygen atoms in total. The van der Waals surface area contributed by atoms with Crippen molar-refractivity contribution < 1.29 is 0 Å². The predicted octanol–water partition coefficient (Wildman–Crippen LogP) is 1.03. The van der Waals surface area contributed by atoms with E-state index in [1.807, 2.05) is 13.1 Å². The number of aromatic nitrogens is 2. The van der Waals surface area contributed by atoms with Gasteiger partial charge in [-0.15, -0.1) is 0 Å². The largest absolute Gasteiger partial charge is 0.351 e. The summed E-state index contributed by atoms with van der Waals surface area (Å²) in [5, 5.41) is 3.32. The Bertz CT molecular complexity index is 598. The van der Waals surface area contributed by atoms with Crippen molar-refractivity contribution in [3.8, 4) is 0 Å². The van der Waals surface area contributed by atoms with Gasteiger partial charge in [0.25, 0.3) is 0 Å². The van der Waals surface area contributed by atoms with Crippen LogP contribution in [0.3, 0.4) is 0 Å². The Kier molecular flexibility index (Phi) is 2.66. The number of likely N-dealkylation sites (N-methyl/N-ethyl adjacent to an activating group) is 1. The van der Waals surface area contributed by atoms with E-state index in [1.54, 1.807) is 0 Å². The summed E-state index contributed by atoms with van der Waals surface area (Å²) in [6.07, 6.45) is 4.15. The summed E-state index contributed by atoms with van der Waals surface area (Å²) in [7, 11) is 2.05. The molecule has 0 unspecified atom stereocenters. The Hall–Kier alpha value is -2.04. The van der Waals surface area contributed by atoms with Crippen LogP contribution in [0.4, 0.5) is 0 Å². The van der Waals surface area contributed by atoms with Crippen LogP contribution in [0, 0.1) is 6.92 Å². The molecule has 1 N–H and O–H groups in total. The van der Waals surface area contributed by atoms with E-state index >= 15 is 0 Å². The van der Waals surface area contributed by atoms with Gasteiger partial charge in [-0.1, -0.05) is 6.07 Å². The third-order valence-electron chi connectivity index (χ3n) is 3.13. The molecule has 3 rings (SSSR count). The van der Waals surface area contributed by atoms with Crippen molar-refractivity contribution in [2.75, 3.05) is 20.1 Å². The summed E-state index contributed by atoms with van der Waals surface area (Å²) in [4.78, 5) is 11.1. The molecular weight excluding hydrogens is 226 g/mol. The molecule has 2 aromatic heterocycles. The minimum atomic E-state index is 0.712. The van der Waals surface area contributed by atoms with Crippen LogP contribution in [0.25, 0.3) is 5.65 Å². The first-order chi connectivity index (χ1) is 8.72. The summed E-state index contributed by atoms with van der Waals surface area (Å²) in [5.41, 5.74) is 3.25. The molecule has 1 aliphatic rings. The third kappa shape index (κ3) is 2.03. The molecule has 0 aliphatic carbocycles. The minimum absolute atomic E-state index is 0.712. The van der Waals surface area contributed by atoms with Gasteiger partial charge in [-0.05, 0) is 18.6 Å². The molecule has 3 heterocycles. The van der Waals surface area contributed by atoms with Crippen molar-refractivity contribution in [1.29, 1.82) is 0 Å². The zero-order valence-electron chi connectivity index (χ0n) is 10.7.